The molecule has 0 unspecified atom stereocenters. The summed E-state index contributed by atoms with van der Waals surface area (Å²) in [5.41, 5.74) is 0.504. The van der Waals surface area contributed by atoms with Gasteiger partial charge in [-0.15, -0.1) is 0 Å². The SMILES string of the molecule is COC(=O)n1ccc2c(Cl)ccnc21. The van der Waals surface area contributed by atoms with Gasteiger partial charge < -0.3 is 4.74 Å². The Kier molecular flexibility index (Phi) is 2.13. The van der Waals surface area contributed by atoms with Gasteiger partial charge in [0, 0.05) is 17.8 Å². The van der Waals surface area contributed by atoms with Crippen LogP contribution < -0.4 is 0 Å². The molecule has 2 rings (SSSR count). The lowest BCUT2D eigenvalue weighted by Gasteiger charge is -2.00. The first kappa shape index (κ1) is 9.02. The average Bonchev–Trinajstić information content (AvgIpc) is 2.62. The number of halogens is 1. The zero-order chi connectivity index (χ0) is 10.1. The zero-order valence-electron chi connectivity index (χ0n) is 7.40. The monoisotopic (exact) mass is 210 g/mol. The highest BCUT2D eigenvalue weighted by molar-refractivity contribution is 6.35. The quantitative estimate of drug-likeness (QED) is 0.670. The van der Waals surface area contributed by atoms with E-state index in [1.807, 2.05) is 0 Å². The number of hydrogen-bond donors (Lipinski definition) is 0. The minimum Gasteiger partial charge on any atom is -0.452 e. The molecule has 0 spiro atoms. The predicted octanol–water partition coefficient (Wildman–Crippen LogP) is 2.30. The van der Waals surface area contributed by atoms with Gasteiger partial charge in [0.15, 0.2) is 5.65 Å². The van der Waals surface area contributed by atoms with E-state index in [9.17, 15) is 4.79 Å². The second kappa shape index (κ2) is 3.31. The Hall–Kier alpha value is -1.55. The summed E-state index contributed by atoms with van der Waals surface area (Å²) < 4.78 is 5.89. The van der Waals surface area contributed by atoms with Crippen LogP contribution in [0.2, 0.25) is 5.02 Å². The fourth-order valence-corrected chi connectivity index (χ4v) is 1.45. The topological polar surface area (TPSA) is 44.1 Å². The van der Waals surface area contributed by atoms with Crippen molar-refractivity contribution < 1.29 is 9.53 Å². The van der Waals surface area contributed by atoms with Gasteiger partial charge >= 0.3 is 6.09 Å². The van der Waals surface area contributed by atoms with Crippen LogP contribution in [0, 0.1) is 0 Å². The Morgan fingerprint density at radius 3 is 3.07 bits per heavy atom. The van der Waals surface area contributed by atoms with Crippen LogP contribution in [0.5, 0.6) is 0 Å². The molecule has 2 aromatic heterocycles. The fraction of sp³-hybridized carbons (Fsp3) is 0.111. The molecule has 0 fully saturated rings. The lowest BCUT2D eigenvalue weighted by Crippen LogP contribution is -2.10. The van der Waals surface area contributed by atoms with Crippen LogP contribution in [0.4, 0.5) is 4.79 Å². The number of carbonyl (C=O) groups is 1. The van der Waals surface area contributed by atoms with Crippen LogP contribution in [0.25, 0.3) is 11.0 Å². The van der Waals surface area contributed by atoms with Gasteiger partial charge in [0.2, 0.25) is 0 Å². The number of fused-ring (bicyclic) bond motifs is 1. The summed E-state index contributed by atoms with van der Waals surface area (Å²) in [4.78, 5) is 15.3. The molecule has 0 aliphatic heterocycles. The Balaban J connectivity index is 2.70. The van der Waals surface area contributed by atoms with Crippen molar-refractivity contribution in [3.8, 4) is 0 Å². The smallest absolute Gasteiger partial charge is 0.419 e. The number of methoxy groups -OCH3 is 1. The minimum absolute atomic E-state index is 0.477. The van der Waals surface area contributed by atoms with E-state index in [0.29, 0.717) is 10.7 Å². The summed E-state index contributed by atoms with van der Waals surface area (Å²) in [5, 5.41) is 1.30. The molecule has 14 heavy (non-hydrogen) atoms. The van der Waals surface area contributed by atoms with Gasteiger partial charge in [0.05, 0.1) is 12.1 Å². The van der Waals surface area contributed by atoms with Crippen LogP contribution >= 0.6 is 11.6 Å². The molecule has 0 N–H and O–H groups in total. The molecule has 2 heterocycles. The van der Waals surface area contributed by atoms with Crippen LogP contribution in [0.3, 0.4) is 0 Å². The number of ether oxygens (including phenoxy) is 1. The van der Waals surface area contributed by atoms with Crippen molar-refractivity contribution in [2.24, 2.45) is 0 Å². The number of nitrogens with zero attached hydrogens (tertiary/aromatic N) is 2. The van der Waals surface area contributed by atoms with Crippen molar-refractivity contribution >= 4 is 28.7 Å². The maximum atomic E-state index is 11.3. The molecule has 0 saturated carbocycles. The third kappa shape index (κ3) is 1.24. The van der Waals surface area contributed by atoms with Crippen LogP contribution in [0.15, 0.2) is 24.5 Å². The third-order valence-electron chi connectivity index (χ3n) is 1.91. The van der Waals surface area contributed by atoms with E-state index in [0.717, 1.165) is 5.39 Å². The molecule has 2 aromatic rings. The zero-order valence-corrected chi connectivity index (χ0v) is 8.15. The number of aromatic nitrogens is 2. The predicted molar refractivity (Wildman–Crippen MR) is 52.5 cm³/mol. The molecule has 0 aromatic carbocycles. The highest BCUT2D eigenvalue weighted by atomic mass is 35.5. The molecule has 0 aliphatic carbocycles. The van der Waals surface area contributed by atoms with Gasteiger partial charge in [-0.2, -0.15) is 0 Å². The largest absolute Gasteiger partial charge is 0.452 e. The van der Waals surface area contributed by atoms with Crippen molar-refractivity contribution in [1.29, 1.82) is 0 Å². The Morgan fingerprint density at radius 2 is 2.36 bits per heavy atom. The highest BCUT2D eigenvalue weighted by Crippen LogP contribution is 2.22. The number of carbonyl (C=O) groups excluding carboxylic acids is 1. The fourth-order valence-electron chi connectivity index (χ4n) is 1.25. The lowest BCUT2D eigenvalue weighted by atomic mass is 10.3. The van der Waals surface area contributed by atoms with Crippen LogP contribution in [-0.4, -0.2) is 22.8 Å². The van der Waals surface area contributed by atoms with E-state index in [1.165, 1.54) is 11.7 Å². The van der Waals surface area contributed by atoms with E-state index >= 15 is 0 Å². The highest BCUT2D eigenvalue weighted by Gasteiger charge is 2.10. The Labute approximate surface area is 85.1 Å². The van der Waals surface area contributed by atoms with Gasteiger partial charge in [0.25, 0.3) is 0 Å². The molecular formula is C9H7ClN2O2. The van der Waals surface area contributed by atoms with Crippen molar-refractivity contribution in [3.63, 3.8) is 0 Å². The summed E-state index contributed by atoms with van der Waals surface area (Å²) in [7, 11) is 1.32. The first-order valence-electron chi connectivity index (χ1n) is 3.94. The van der Waals surface area contributed by atoms with Crippen molar-refractivity contribution in [1.82, 2.24) is 9.55 Å². The lowest BCUT2D eigenvalue weighted by molar-refractivity contribution is 0.174. The third-order valence-corrected chi connectivity index (χ3v) is 2.24. The van der Waals surface area contributed by atoms with Crippen LogP contribution in [-0.2, 0) is 4.74 Å². The molecule has 0 amide bonds. The van der Waals surface area contributed by atoms with E-state index in [4.69, 9.17) is 11.6 Å². The van der Waals surface area contributed by atoms with Gasteiger partial charge in [-0.05, 0) is 12.1 Å². The van der Waals surface area contributed by atoms with Crippen molar-refractivity contribution in [2.75, 3.05) is 7.11 Å². The normalized spacial score (nSPS) is 10.4. The van der Waals surface area contributed by atoms with Gasteiger partial charge in [-0.1, -0.05) is 11.6 Å². The molecule has 0 saturated heterocycles. The van der Waals surface area contributed by atoms with E-state index in [-0.39, 0.29) is 0 Å². The summed E-state index contributed by atoms with van der Waals surface area (Å²) >= 11 is 5.91. The maximum absolute atomic E-state index is 11.3. The second-order valence-corrected chi connectivity index (χ2v) is 3.09. The molecule has 0 atom stereocenters. The summed E-state index contributed by atoms with van der Waals surface area (Å²) in [6, 6.07) is 3.40. The first-order chi connectivity index (χ1) is 6.74. The van der Waals surface area contributed by atoms with Crippen molar-refractivity contribution in [2.45, 2.75) is 0 Å². The molecular weight excluding hydrogens is 204 g/mol. The number of pyridine rings is 1. The first-order valence-corrected chi connectivity index (χ1v) is 4.31. The second-order valence-electron chi connectivity index (χ2n) is 2.69. The van der Waals surface area contributed by atoms with Crippen molar-refractivity contribution in [3.05, 3.63) is 29.5 Å². The summed E-state index contributed by atoms with van der Waals surface area (Å²) in [5.74, 6) is 0. The van der Waals surface area contributed by atoms with E-state index in [2.05, 4.69) is 9.72 Å². The molecule has 4 nitrogen and oxygen atoms in total. The summed E-state index contributed by atoms with van der Waals surface area (Å²) in [6.45, 7) is 0. The van der Waals surface area contributed by atoms with Gasteiger partial charge in [-0.3, -0.25) is 0 Å². The summed E-state index contributed by atoms with van der Waals surface area (Å²) in [6.07, 6.45) is 2.65. The van der Waals surface area contributed by atoms with Gasteiger partial charge in [-0.25, -0.2) is 14.3 Å². The van der Waals surface area contributed by atoms with Crippen LogP contribution in [0.1, 0.15) is 0 Å². The Morgan fingerprint density at radius 1 is 1.57 bits per heavy atom. The number of hydrogen-bond acceptors (Lipinski definition) is 3. The minimum atomic E-state index is -0.477. The molecule has 5 heteroatoms. The molecule has 0 aliphatic rings. The number of rotatable bonds is 0. The Bertz CT molecular complexity index is 493. The van der Waals surface area contributed by atoms with E-state index in [1.54, 1.807) is 24.5 Å². The standard InChI is InChI=1S/C9H7ClN2O2/c1-14-9(13)12-5-3-6-7(10)2-4-11-8(6)12/h2-5H,1H3. The molecule has 72 valence electrons. The average molecular weight is 211 g/mol. The molecule has 0 bridgehead atoms. The molecule has 0 radical (unpaired) electrons. The van der Waals surface area contributed by atoms with Gasteiger partial charge in [0.1, 0.15) is 0 Å². The maximum Gasteiger partial charge on any atom is 0.419 e. The van der Waals surface area contributed by atoms with E-state index < -0.39 is 6.09 Å².